The zero-order valence-corrected chi connectivity index (χ0v) is 15.7. The number of carbonyl (C=O) groups excluding carboxylic acids is 2. The normalized spacial score (nSPS) is 13.6. The molecule has 0 saturated heterocycles. The molecule has 1 N–H and O–H groups in total. The average Bonchev–Trinajstić information content (AvgIpc) is 2.64. The lowest BCUT2D eigenvalue weighted by atomic mass is 10.0. The molecule has 6 heteroatoms. The molecule has 27 heavy (non-hydrogen) atoms. The Labute approximate surface area is 158 Å². The number of aryl methyl sites for hydroxylation is 2. The van der Waals surface area contributed by atoms with Crippen molar-refractivity contribution in [2.24, 2.45) is 0 Å². The molecule has 3 rings (SSSR count). The minimum absolute atomic E-state index is 0.128. The summed E-state index contributed by atoms with van der Waals surface area (Å²) in [7, 11) is 0. The van der Waals surface area contributed by atoms with Gasteiger partial charge in [0.25, 0.3) is 5.91 Å². The van der Waals surface area contributed by atoms with E-state index in [1.165, 1.54) is 5.56 Å². The molecule has 6 nitrogen and oxygen atoms in total. The van der Waals surface area contributed by atoms with Crippen molar-refractivity contribution >= 4 is 17.6 Å². The summed E-state index contributed by atoms with van der Waals surface area (Å²) in [5.41, 5.74) is 3.70. The van der Waals surface area contributed by atoms with Gasteiger partial charge in [0.2, 0.25) is 0 Å². The van der Waals surface area contributed by atoms with Crippen LogP contribution in [-0.4, -0.2) is 31.2 Å². The van der Waals surface area contributed by atoms with Crippen molar-refractivity contribution < 1.29 is 23.8 Å². The Morgan fingerprint density at radius 1 is 1.04 bits per heavy atom. The first kappa shape index (κ1) is 18.8. The molecule has 0 aliphatic carbocycles. The predicted molar refractivity (Wildman–Crippen MR) is 101 cm³/mol. The van der Waals surface area contributed by atoms with E-state index in [1.807, 2.05) is 32.0 Å². The molecule has 1 atom stereocenters. The van der Waals surface area contributed by atoms with Crippen molar-refractivity contribution in [3.8, 4) is 11.5 Å². The first-order valence-electron chi connectivity index (χ1n) is 8.88. The highest BCUT2D eigenvalue weighted by Crippen LogP contribution is 2.32. The highest BCUT2D eigenvalue weighted by molar-refractivity contribution is 5.95. The Balaban J connectivity index is 1.55. The van der Waals surface area contributed by atoms with Gasteiger partial charge in [0, 0.05) is 11.8 Å². The maximum Gasteiger partial charge on any atom is 0.311 e. The third-order valence-electron chi connectivity index (χ3n) is 4.41. The van der Waals surface area contributed by atoms with E-state index in [9.17, 15) is 9.59 Å². The minimum Gasteiger partial charge on any atom is -0.486 e. The lowest BCUT2D eigenvalue weighted by molar-refractivity contribution is -0.152. The third-order valence-corrected chi connectivity index (χ3v) is 4.41. The monoisotopic (exact) mass is 369 g/mol. The lowest BCUT2D eigenvalue weighted by Crippen LogP contribution is -2.30. The second-order valence-electron chi connectivity index (χ2n) is 6.58. The van der Waals surface area contributed by atoms with Crippen LogP contribution in [-0.2, 0) is 20.7 Å². The van der Waals surface area contributed by atoms with Gasteiger partial charge in [0.15, 0.2) is 17.6 Å². The highest BCUT2D eigenvalue weighted by Gasteiger charge is 2.19. The molecule has 0 saturated carbocycles. The first-order chi connectivity index (χ1) is 12.9. The van der Waals surface area contributed by atoms with Gasteiger partial charge in [-0.05, 0) is 49.6 Å². The Morgan fingerprint density at radius 3 is 2.52 bits per heavy atom. The number of fused-ring (bicyclic) bond motifs is 1. The average molecular weight is 369 g/mol. The van der Waals surface area contributed by atoms with E-state index in [0.29, 0.717) is 30.4 Å². The smallest absolute Gasteiger partial charge is 0.311 e. The van der Waals surface area contributed by atoms with Gasteiger partial charge in [-0.1, -0.05) is 18.2 Å². The summed E-state index contributed by atoms with van der Waals surface area (Å²) < 4.78 is 16.2. The quantitative estimate of drug-likeness (QED) is 0.820. The lowest BCUT2D eigenvalue weighted by Gasteiger charge is -2.19. The van der Waals surface area contributed by atoms with Gasteiger partial charge in [-0.15, -0.1) is 0 Å². The summed E-state index contributed by atoms with van der Waals surface area (Å²) in [6, 6.07) is 11.0. The second kappa shape index (κ2) is 8.12. The number of hydrogen-bond acceptors (Lipinski definition) is 5. The molecule has 2 aromatic carbocycles. The number of benzene rings is 2. The zero-order chi connectivity index (χ0) is 19.4. The van der Waals surface area contributed by atoms with Crippen LogP contribution in [0.4, 0.5) is 5.69 Å². The van der Waals surface area contributed by atoms with Crippen molar-refractivity contribution in [3.05, 3.63) is 53.1 Å². The topological polar surface area (TPSA) is 73.9 Å². The number of hydrogen-bond donors (Lipinski definition) is 1. The highest BCUT2D eigenvalue weighted by atomic mass is 16.6. The van der Waals surface area contributed by atoms with Gasteiger partial charge < -0.3 is 19.5 Å². The molecule has 0 fully saturated rings. The van der Waals surface area contributed by atoms with Crippen LogP contribution in [0.15, 0.2) is 36.4 Å². The van der Waals surface area contributed by atoms with Crippen LogP contribution in [0.3, 0.4) is 0 Å². The number of carbonyl (C=O) groups is 2. The van der Waals surface area contributed by atoms with Gasteiger partial charge in [0.1, 0.15) is 13.2 Å². The number of amides is 1. The van der Waals surface area contributed by atoms with Crippen LogP contribution in [0, 0.1) is 13.8 Å². The van der Waals surface area contributed by atoms with E-state index in [-0.39, 0.29) is 6.42 Å². The summed E-state index contributed by atoms with van der Waals surface area (Å²) >= 11 is 0. The molecule has 0 spiro atoms. The summed E-state index contributed by atoms with van der Waals surface area (Å²) in [4.78, 5) is 24.4. The molecule has 1 amide bonds. The van der Waals surface area contributed by atoms with Crippen molar-refractivity contribution in [1.82, 2.24) is 0 Å². The molecule has 142 valence electrons. The third kappa shape index (κ3) is 4.78. The van der Waals surface area contributed by atoms with Crippen LogP contribution in [0.2, 0.25) is 0 Å². The van der Waals surface area contributed by atoms with Gasteiger partial charge in [0.05, 0.1) is 6.42 Å². The molecular formula is C21H23NO5. The van der Waals surface area contributed by atoms with Crippen LogP contribution in [0.25, 0.3) is 0 Å². The van der Waals surface area contributed by atoms with Gasteiger partial charge in [-0.2, -0.15) is 0 Å². The standard InChI is InChI=1S/C21H23NO5/c1-13-4-5-16(10-14(13)2)11-20(23)27-15(3)21(24)22-17-6-7-18-19(12-17)26-9-8-25-18/h4-7,10,12,15H,8-9,11H2,1-3H3,(H,22,24)/t15-/m0/s1. The van der Waals surface area contributed by atoms with Gasteiger partial charge in [-0.3, -0.25) is 9.59 Å². The van der Waals surface area contributed by atoms with E-state index >= 15 is 0 Å². The maximum absolute atomic E-state index is 12.3. The van der Waals surface area contributed by atoms with Crippen molar-refractivity contribution in [3.63, 3.8) is 0 Å². The molecular weight excluding hydrogens is 346 g/mol. The fourth-order valence-electron chi connectivity index (χ4n) is 2.74. The Kier molecular flexibility index (Phi) is 5.64. The zero-order valence-electron chi connectivity index (χ0n) is 15.7. The van der Waals surface area contributed by atoms with Crippen LogP contribution in [0.5, 0.6) is 11.5 Å². The molecule has 1 aliphatic rings. The first-order valence-corrected chi connectivity index (χ1v) is 8.88. The molecule has 2 aromatic rings. The number of esters is 1. The van der Waals surface area contributed by atoms with E-state index in [4.69, 9.17) is 14.2 Å². The van der Waals surface area contributed by atoms with Crippen molar-refractivity contribution in [2.75, 3.05) is 18.5 Å². The van der Waals surface area contributed by atoms with Gasteiger partial charge >= 0.3 is 5.97 Å². The van der Waals surface area contributed by atoms with Crippen molar-refractivity contribution in [2.45, 2.75) is 33.3 Å². The summed E-state index contributed by atoms with van der Waals surface area (Å²) in [5, 5.41) is 2.73. The van der Waals surface area contributed by atoms with E-state index < -0.39 is 18.0 Å². The Bertz CT molecular complexity index is 862. The molecule has 0 bridgehead atoms. The number of nitrogens with one attached hydrogen (secondary N) is 1. The van der Waals surface area contributed by atoms with Crippen molar-refractivity contribution in [1.29, 1.82) is 0 Å². The van der Waals surface area contributed by atoms with E-state index in [0.717, 1.165) is 11.1 Å². The minimum atomic E-state index is -0.905. The summed E-state index contributed by atoms with van der Waals surface area (Å²) in [6.45, 7) is 6.53. The fourth-order valence-corrected chi connectivity index (χ4v) is 2.74. The largest absolute Gasteiger partial charge is 0.486 e. The number of rotatable bonds is 5. The molecule has 0 unspecified atom stereocenters. The maximum atomic E-state index is 12.3. The Morgan fingerprint density at radius 2 is 1.78 bits per heavy atom. The molecule has 0 radical (unpaired) electrons. The molecule has 1 heterocycles. The van der Waals surface area contributed by atoms with E-state index in [1.54, 1.807) is 25.1 Å². The van der Waals surface area contributed by atoms with Crippen LogP contribution < -0.4 is 14.8 Å². The Hall–Kier alpha value is -3.02. The summed E-state index contributed by atoms with van der Waals surface area (Å²) in [5.74, 6) is 0.383. The second-order valence-corrected chi connectivity index (χ2v) is 6.58. The molecule has 1 aliphatic heterocycles. The van der Waals surface area contributed by atoms with Gasteiger partial charge in [-0.25, -0.2) is 0 Å². The fraction of sp³-hybridized carbons (Fsp3) is 0.333. The van der Waals surface area contributed by atoms with Crippen LogP contribution in [0.1, 0.15) is 23.6 Å². The van der Waals surface area contributed by atoms with Crippen LogP contribution >= 0.6 is 0 Å². The number of anilines is 1. The number of ether oxygens (including phenoxy) is 3. The van der Waals surface area contributed by atoms with E-state index in [2.05, 4.69) is 5.32 Å². The summed E-state index contributed by atoms with van der Waals surface area (Å²) in [6.07, 6.45) is -0.778. The SMILES string of the molecule is Cc1ccc(CC(=O)O[C@@H](C)C(=O)Nc2ccc3c(c2)OCCO3)cc1C. The molecule has 0 aromatic heterocycles. The predicted octanol–water partition coefficient (Wildman–Crippen LogP) is 3.19.